The Labute approximate surface area is 241 Å². The maximum Gasteiger partial charge on any atom is 0.165 e. The molecule has 0 bridgehead atoms. The van der Waals surface area contributed by atoms with Crippen molar-refractivity contribution >= 4 is 54.6 Å². The second kappa shape index (κ2) is 8.88. The van der Waals surface area contributed by atoms with Crippen molar-refractivity contribution in [2.75, 3.05) is 0 Å². The standard InChI is InChI=1S/C38H24N4/c1-3-13-25(14-4-1)37-38(40-32-20-10-9-19-31(32)39-37)42-34-22-12-8-18-28(34)30-23-35-29(24-36(30)42)27-17-7-11-21-33(27)41(35)26-15-5-2-6-16-26/h1-24H. The molecular formula is C38H24N4. The Balaban J connectivity index is 1.46. The highest BCUT2D eigenvalue weighted by Gasteiger charge is 2.21. The van der Waals surface area contributed by atoms with Crippen molar-refractivity contribution in [2.45, 2.75) is 0 Å². The summed E-state index contributed by atoms with van der Waals surface area (Å²) in [7, 11) is 0. The number of rotatable bonds is 3. The molecule has 0 spiro atoms. The third kappa shape index (κ3) is 3.29. The molecular weight excluding hydrogens is 512 g/mol. The average Bonchev–Trinajstić information content (AvgIpc) is 3.56. The van der Waals surface area contributed by atoms with Crippen LogP contribution in [-0.4, -0.2) is 19.1 Å². The largest absolute Gasteiger partial charge is 0.309 e. The minimum absolute atomic E-state index is 0.831. The topological polar surface area (TPSA) is 35.6 Å². The number of hydrogen-bond acceptors (Lipinski definition) is 2. The van der Waals surface area contributed by atoms with E-state index in [1.54, 1.807) is 0 Å². The summed E-state index contributed by atoms with van der Waals surface area (Å²) in [5.41, 5.74) is 9.41. The van der Waals surface area contributed by atoms with Gasteiger partial charge in [-0.05, 0) is 48.5 Å². The van der Waals surface area contributed by atoms with Gasteiger partial charge in [-0.15, -0.1) is 0 Å². The lowest BCUT2D eigenvalue weighted by molar-refractivity contribution is 1.08. The van der Waals surface area contributed by atoms with Gasteiger partial charge in [0, 0.05) is 32.8 Å². The molecule has 4 nitrogen and oxygen atoms in total. The van der Waals surface area contributed by atoms with Crippen molar-refractivity contribution < 1.29 is 0 Å². The van der Waals surface area contributed by atoms with Crippen LogP contribution >= 0.6 is 0 Å². The minimum atomic E-state index is 0.831. The molecule has 0 unspecified atom stereocenters. The van der Waals surface area contributed by atoms with Crippen LogP contribution in [0.2, 0.25) is 0 Å². The highest BCUT2D eigenvalue weighted by Crippen LogP contribution is 2.40. The van der Waals surface area contributed by atoms with Crippen LogP contribution in [-0.2, 0) is 0 Å². The van der Waals surface area contributed by atoms with Gasteiger partial charge in [0.05, 0.1) is 33.1 Å². The van der Waals surface area contributed by atoms with E-state index in [9.17, 15) is 0 Å². The fraction of sp³-hybridized carbons (Fsp3) is 0. The van der Waals surface area contributed by atoms with Crippen molar-refractivity contribution in [3.05, 3.63) is 146 Å². The first-order chi connectivity index (χ1) is 20.8. The molecule has 0 saturated heterocycles. The highest BCUT2D eigenvalue weighted by atomic mass is 15.1. The predicted octanol–water partition coefficient (Wildman–Crippen LogP) is 9.49. The molecule has 0 aliphatic carbocycles. The van der Waals surface area contributed by atoms with Crippen LogP contribution in [0.25, 0.3) is 77.4 Å². The normalized spacial score (nSPS) is 11.8. The molecule has 3 heterocycles. The van der Waals surface area contributed by atoms with Gasteiger partial charge in [-0.25, -0.2) is 9.97 Å². The lowest BCUT2D eigenvalue weighted by Gasteiger charge is -2.14. The third-order valence-corrected chi connectivity index (χ3v) is 8.29. The van der Waals surface area contributed by atoms with Crippen LogP contribution in [0.1, 0.15) is 0 Å². The highest BCUT2D eigenvalue weighted by molar-refractivity contribution is 6.19. The lowest BCUT2D eigenvalue weighted by atomic mass is 10.1. The predicted molar refractivity (Wildman–Crippen MR) is 174 cm³/mol. The summed E-state index contributed by atoms with van der Waals surface area (Å²) < 4.78 is 4.68. The van der Waals surface area contributed by atoms with Gasteiger partial charge < -0.3 is 4.57 Å². The van der Waals surface area contributed by atoms with E-state index in [1.807, 2.05) is 30.3 Å². The summed E-state index contributed by atoms with van der Waals surface area (Å²) in [5, 5.41) is 4.81. The van der Waals surface area contributed by atoms with Gasteiger partial charge in [0.1, 0.15) is 5.69 Å². The van der Waals surface area contributed by atoms with E-state index in [0.29, 0.717) is 0 Å². The van der Waals surface area contributed by atoms with Crippen LogP contribution in [0, 0.1) is 0 Å². The molecule has 9 aromatic rings. The number of nitrogens with zero attached hydrogens (tertiary/aromatic N) is 4. The Hall–Kier alpha value is -5.74. The summed E-state index contributed by atoms with van der Waals surface area (Å²) >= 11 is 0. The molecule has 0 aliphatic rings. The van der Waals surface area contributed by atoms with Crippen molar-refractivity contribution in [3.63, 3.8) is 0 Å². The smallest absolute Gasteiger partial charge is 0.165 e. The molecule has 42 heavy (non-hydrogen) atoms. The van der Waals surface area contributed by atoms with Crippen LogP contribution in [0.15, 0.2) is 146 Å². The van der Waals surface area contributed by atoms with E-state index < -0.39 is 0 Å². The fourth-order valence-corrected chi connectivity index (χ4v) is 6.45. The third-order valence-electron chi connectivity index (χ3n) is 8.29. The molecule has 9 rings (SSSR count). The molecule has 0 radical (unpaired) electrons. The van der Waals surface area contributed by atoms with Gasteiger partial charge in [-0.2, -0.15) is 0 Å². The van der Waals surface area contributed by atoms with Crippen LogP contribution in [0.5, 0.6) is 0 Å². The zero-order valence-corrected chi connectivity index (χ0v) is 22.6. The molecule has 3 aromatic heterocycles. The molecule has 0 N–H and O–H groups in total. The van der Waals surface area contributed by atoms with Gasteiger partial charge in [-0.1, -0.05) is 97.1 Å². The van der Waals surface area contributed by atoms with E-state index in [0.717, 1.165) is 44.8 Å². The summed E-state index contributed by atoms with van der Waals surface area (Å²) in [4.78, 5) is 10.5. The monoisotopic (exact) mass is 536 g/mol. The molecule has 196 valence electrons. The number of fused-ring (bicyclic) bond motifs is 7. The number of aromatic nitrogens is 4. The maximum atomic E-state index is 5.28. The quantitative estimate of drug-likeness (QED) is 0.225. The van der Waals surface area contributed by atoms with E-state index in [4.69, 9.17) is 9.97 Å². The minimum Gasteiger partial charge on any atom is -0.309 e. The SMILES string of the molecule is c1ccc(-c2nc3ccccc3nc2-n2c3ccccc3c3cc4c(cc32)c2ccccc2n4-c2ccccc2)cc1. The van der Waals surface area contributed by atoms with Crippen molar-refractivity contribution in [1.82, 2.24) is 19.1 Å². The molecule has 6 aromatic carbocycles. The molecule has 4 heteroatoms. The maximum absolute atomic E-state index is 5.28. The lowest BCUT2D eigenvalue weighted by Crippen LogP contribution is -2.03. The molecule has 0 fully saturated rings. The van der Waals surface area contributed by atoms with Crippen LogP contribution in [0.3, 0.4) is 0 Å². The summed E-state index contributed by atoms with van der Waals surface area (Å²) in [6.07, 6.45) is 0. The summed E-state index contributed by atoms with van der Waals surface area (Å²) in [6.45, 7) is 0. The Bertz CT molecular complexity index is 2450. The average molecular weight is 537 g/mol. The van der Waals surface area contributed by atoms with Gasteiger partial charge >= 0.3 is 0 Å². The summed E-state index contributed by atoms with van der Waals surface area (Å²) in [5.74, 6) is 0.831. The first-order valence-electron chi connectivity index (χ1n) is 14.2. The Morgan fingerprint density at radius 1 is 0.381 bits per heavy atom. The second-order valence-corrected chi connectivity index (χ2v) is 10.7. The molecule has 0 atom stereocenters. The zero-order valence-electron chi connectivity index (χ0n) is 22.6. The van der Waals surface area contributed by atoms with Gasteiger partial charge in [0.15, 0.2) is 5.82 Å². The van der Waals surface area contributed by atoms with Crippen molar-refractivity contribution in [1.29, 1.82) is 0 Å². The fourth-order valence-electron chi connectivity index (χ4n) is 6.45. The number of benzene rings is 6. The van der Waals surface area contributed by atoms with E-state index in [2.05, 4.69) is 124 Å². The Kier molecular flexibility index (Phi) is 4.87. The number of para-hydroxylation sites is 5. The summed E-state index contributed by atoms with van der Waals surface area (Å²) in [6, 6.07) is 51.1. The van der Waals surface area contributed by atoms with E-state index in [-0.39, 0.29) is 0 Å². The first kappa shape index (κ1) is 23.0. The number of hydrogen-bond donors (Lipinski definition) is 0. The van der Waals surface area contributed by atoms with Gasteiger partial charge in [-0.3, -0.25) is 4.57 Å². The van der Waals surface area contributed by atoms with Crippen LogP contribution < -0.4 is 0 Å². The van der Waals surface area contributed by atoms with Gasteiger partial charge in [0.25, 0.3) is 0 Å². The van der Waals surface area contributed by atoms with Crippen molar-refractivity contribution in [2.24, 2.45) is 0 Å². The Morgan fingerprint density at radius 3 is 1.55 bits per heavy atom. The van der Waals surface area contributed by atoms with E-state index in [1.165, 1.54) is 32.6 Å². The zero-order chi connectivity index (χ0) is 27.6. The first-order valence-corrected chi connectivity index (χ1v) is 14.2. The molecule has 0 amide bonds. The molecule has 0 aliphatic heterocycles. The second-order valence-electron chi connectivity index (χ2n) is 10.7. The van der Waals surface area contributed by atoms with Gasteiger partial charge in [0.2, 0.25) is 0 Å². The van der Waals surface area contributed by atoms with Crippen molar-refractivity contribution in [3.8, 4) is 22.8 Å². The molecule has 0 saturated carbocycles. The Morgan fingerprint density at radius 2 is 0.881 bits per heavy atom. The van der Waals surface area contributed by atoms with Crippen LogP contribution in [0.4, 0.5) is 0 Å². The van der Waals surface area contributed by atoms with E-state index >= 15 is 0 Å².